The summed E-state index contributed by atoms with van der Waals surface area (Å²) < 4.78 is 0. The van der Waals surface area contributed by atoms with E-state index in [2.05, 4.69) is 33.2 Å². The Kier molecular flexibility index (Phi) is 11.1. The number of nitrogens with one attached hydrogen (secondary N) is 5. The van der Waals surface area contributed by atoms with Crippen LogP contribution >= 0.6 is 0 Å². The molecule has 1 aliphatic heterocycles. The number of urea groups is 1. The quantitative estimate of drug-likeness (QED) is 0.174. The summed E-state index contributed by atoms with van der Waals surface area (Å²) in [5.74, 6) is -3.50. The largest absolute Gasteiger partial charge is 0.350 e. The smallest absolute Gasteiger partial charge is 0.315 e. The lowest BCUT2D eigenvalue weighted by molar-refractivity contribution is -0.145. The molecule has 0 radical (unpaired) electrons. The fraction of sp³-hybridized carbons (Fsp3) is 0.588. The first-order valence-electron chi connectivity index (χ1n) is 15.7. The highest BCUT2D eigenvalue weighted by atomic mass is 16.2. The molecule has 12 nitrogen and oxygen atoms in total. The Morgan fingerprint density at radius 3 is 2.17 bits per heavy atom. The van der Waals surface area contributed by atoms with Gasteiger partial charge in [-0.05, 0) is 55.4 Å². The minimum atomic E-state index is -1.25. The van der Waals surface area contributed by atoms with E-state index in [0.717, 1.165) is 5.56 Å². The molecule has 3 rings (SSSR count). The highest BCUT2D eigenvalue weighted by Crippen LogP contribution is 2.65. The maximum absolute atomic E-state index is 14.1. The summed E-state index contributed by atoms with van der Waals surface area (Å²) in [5.41, 5.74) is -0.537. The predicted octanol–water partition coefficient (Wildman–Crippen LogP) is 2.04. The first-order chi connectivity index (χ1) is 21.3. The zero-order chi connectivity index (χ0) is 34.6. The zero-order valence-corrected chi connectivity index (χ0v) is 28.3. The van der Waals surface area contributed by atoms with Crippen molar-refractivity contribution in [3.05, 3.63) is 48.6 Å². The number of amides is 6. The van der Waals surface area contributed by atoms with Gasteiger partial charge in [0, 0.05) is 18.6 Å². The third-order valence-electron chi connectivity index (χ3n) is 8.64. The van der Waals surface area contributed by atoms with Crippen LogP contribution in [0, 0.1) is 22.7 Å². The van der Waals surface area contributed by atoms with Gasteiger partial charge in [0.2, 0.25) is 23.5 Å². The van der Waals surface area contributed by atoms with Gasteiger partial charge in [-0.15, -0.1) is 6.58 Å². The Bertz CT molecular complexity index is 1350. The van der Waals surface area contributed by atoms with Crippen LogP contribution in [0.15, 0.2) is 43.0 Å². The molecule has 0 spiro atoms. The van der Waals surface area contributed by atoms with Gasteiger partial charge in [-0.1, -0.05) is 71.0 Å². The molecule has 1 heterocycles. The number of rotatable bonds is 12. The van der Waals surface area contributed by atoms with Crippen molar-refractivity contribution in [2.45, 2.75) is 92.0 Å². The molecule has 46 heavy (non-hydrogen) atoms. The van der Waals surface area contributed by atoms with Crippen LogP contribution in [0.3, 0.4) is 0 Å². The van der Waals surface area contributed by atoms with Crippen molar-refractivity contribution >= 4 is 35.4 Å². The van der Waals surface area contributed by atoms with E-state index in [9.17, 15) is 28.8 Å². The molecular weight excluding hydrogens is 588 g/mol. The fourth-order valence-electron chi connectivity index (χ4n) is 6.06. The van der Waals surface area contributed by atoms with E-state index in [1.54, 1.807) is 0 Å². The number of piperidine rings is 1. The topological polar surface area (TPSA) is 166 Å². The summed E-state index contributed by atoms with van der Waals surface area (Å²) in [5, 5.41) is 13.3. The zero-order valence-electron chi connectivity index (χ0n) is 28.3. The molecule has 1 aromatic carbocycles. The predicted molar refractivity (Wildman–Crippen MR) is 174 cm³/mol. The second-order valence-electron chi connectivity index (χ2n) is 14.9. The molecule has 252 valence electrons. The highest BCUT2D eigenvalue weighted by molar-refractivity contribution is 6.38. The third kappa shape index (κ3) is 8.95. The monoisotopic (exact) mass is 638 g/mol. The van der Waals surface area contributed by atoms with Crippen molar-refractivity contribution in [3.63, 3.8) is 0 Å². The maximum atomic E-state index is 14.1. The number of hydrogen-bond acceptors (Lipinski definition) is 6. The number of carbonyl (C=O) groups excluding carboxylic acids is 6. The van der Waals surface area contributed by atoms with E-state index in [1.807, 2.05) is 85.7 Å². The molecule has 1 saturated carbocycles. The molecule has 5 N–H and O–H groups in total. The highest BCUT2D eigenvalue weighted by Gasteiger charge is 2.69. The van der Waals surface area contributed by atoms with Crippen molar-refractivity contribution < 1.29 is 28.8 Å². The number of likely N-dealkylation sites (tertiary alicyclic amines) is 1. The van der Waals surface area contributed by atoms with Crippen LogP contribution in [0.5, 0.6) is 0 Å². The molecule has 1 aromatic rings. The molecule has 2 aliphatic rings. The second kappa shape index (κ2) is 14.0. The van der Waals surface area contributed by atoms with Crippen molar-refractivity contribution in [3.8, 4) is 0 Å². The standard InChI is InChI=1S/C34H50N6O6/c1-10-14-22(26(42)29(44)36-18-23(41)35-17-20-15-12-11-13-16-20)37-28(43)25-24-21(34(24,8)9)19-40(25)30(45)27(32(2,3)4)38-31(46)39-33(5,6)7/h10-13,15-16,21-22,24-25,27H,1,14,17-19H2,2-9H3,(H,35,41)(H,36,44)(H,37,43)(H2,38,39,46)/t21-,22?,24-,25-,27+/m0/s1. The van der Waals surface area contributed by atoms with Gasteiger partial charge in [-0.2, -0.15) is 0 Å². The summed E-state index contributed by atoms with van der Waals surface area (Å²) >= 11 is 0. The van der Waals surface area contributed by atoms with Crippen LogP contribution in [0.4, 0.5) is 4.79 Å². The Morgan fingerprint density at radius 2 is 1.61 bits per heavy atom. The van der Waals surface area contributed by atoms with Crippen LogP contribution in [-0.4, -0.2) is 77.1 Å². The number of benzene rings is 1. The van der Waals surface area contributed by atoms with Crippen LogP contribution in [0.2, 0.25) is 0 Å². The molecule has 12 heteroatoms. The Labute approximate surface area is 271 Å². The van der Waals surface area contributed by atoms with E-state index in [4.69, 9.17) is 0 Å². The molecule has 2 fully saturated rings. The van der Waals surface area contributed by atoms with E-state index in [1.165, 1.54) is 11.0 Å². The fourth-order valence-corrected chi connectivity index (χ4v) is 6.06. The summed E-state index contributed by atoms with van der Waals surface area (Å²) in [6.45, 7) is 18.9. The average Bonchev–Trinajstić information content (AvgIpc) is 3.27. The van der Waals surface area contributed by atoms with Gasteiger partial charge >= 0.3 is 6.03 Å². The second-order valence-corrected chi connectivity index (χ2v) is 14.9. The maximum Gasteiger partial charge on any atom is 0.315 e. The Hall–Kier alpha value is -4.22. The van der Waals surface area contributed by atoms with Gasteiger partial charge in [0.1, 0.15) is 18.1 Å². The molecule has 1 aliphatic carbocycles. The van der Waals surface area contributed by atoms with Gasteiger partial charge in [0.05, 0.1) is 6.54 Å². The van der Waals surface area contributed by atoms with Gasteiger partial charge < -0.3 is 31.5 Å². The molecule has 0 bridgehead atoms. The lowest BCUT2D eigenvalue weighted by atomic mass is 9.85. The van der Waals surface area contributed by atoms with Crippen LogP contribution < -0.4 is 26.6 Å². The average molecular weight is 639 g/mol. The SMILES string of the molecule is C=CCC(NC(=O)[C@@H]1[C@@H]2[C@H](CN1C(=O)[C@@H](NC(=O)NC(C)(C)C)C(C)(C)C)C2(C)C)C(=O)C(=O)NCC(=O)NCc1ccccc1. The van der Waals surface area contributed by atoms with Gasteiger partial charge in [0.25, 0.3) is 5.91 Å². The number of Topliss-reactive ketones (excluding diaryl/α,β-unsaturated/α-hetero) is 1. The Morgan fingerprint density at radius 1 is 0.978 bits per heavy atom. The molecular formula is C34H50N6O6. The van der Waals surface area contributed by atoms with E-state index in [-0.39, 0.29) is 30.2 Å². The van der Waals surface area contributed by atoms with Crippen molar-refractivity contribution in [1.29, 1.82) is 0 Å². The summed E-state index contributed by atoms with van der Waals surface area (Å²) in [6, 6.07) is 5.65. The van der Waals surface area contributed by atoms with E-state index >= 15 is 0 Å². The summed E-state index contributed by atoms with van der Waals surface area (Å²) in [6.07, 6.45) is 1.38. The van der Waals surface area contributed by atoms with Crippen molar-refractivity contribution in [2.75, 3.05) is 13.1 Å². The molecule has 0 aromatic heterocycles. The van der Waals surface area contributed by atoms with Crippen molar-refractivity contribution in [1.82, 2.24) is 31.5 Å². The third-order valence-corrected chi connectivity index (χ3v) is 8.64. The van der Waals surface area contributed by atoms with Crippen LogP contribution in [-0.2, 0) is 30.5 Å². The number of nitrogens with zero attached hydrogens (tertiary/aromatic N) is 1. The van der Waals surface area contributed by atoms with E-state index < -0.39 is 71.1 Å². The Balaban J connectivity index is 1.70. The minimum Gasteiger partial charge on any atom is -0.350 e. The molecule has 6 amide bonds. The normalized spacial score (nSPS) is 21.1. The molecule has 1 unspecified atom stereocenters. The number of hydrogen-bond donors (Lipinski definition) is 5. The van der Waals surface area contributed by atoms with Crippen molar-refractivity contribution in [2.24, 2.45) is 22.7 Å². The van der Waals surface area contributed by atoms with E-state index in [0.29, 0.717) is 6.54 Å². The molecule has 5 atom stereocenters. The first-order valence-corrected chi connectivity index (χ1v) is 15.7. The minimum absolute atomic E-state index is 0.0322. The lowest BCUT2D eigenvalue weighted by Gasteiger charge is -2.38. The summed E-state index contributed by atoms with van der Waals surface area (Å²) in [4.78, 5) is 80.4. The van der Waals surface area contributed by atoms with Gasteiger partial charge in [0.15, 0.2) is 0 Å². The van der Waals surface area contributed by atoms with Crippen LogP contribution in [0.25, 0.3) is 0 Å². The molecule has 1 saturated heterocycles. The summed E-state index contributed by atoms with van der Waals surface area (Å²) in [7, 11) is 0. The van der Waals surface area contributed by atoms with Crippen LogP contribution in [0.1, 0.15) is 67.4 Å². The number of ketones is 1. The first kappa shape index (κ1) is 36.3. The number of carbonyl (C=O) groups is 6. The number of fused-ring (bicyclic) bond motifs is 1. The lowest BCUT2D eigenvalue weighted by Crippen LogP contribution is -2.62. The van der Waals surface area contributed by atoms with Gasteiger partial charge in [-0.25, -0.2) is 4.79 Å². The van der Waals surface area contributed by atoms with Gasteiger partial charge in [-0.3, -0.25) is 24.0 Å².